The molecule has 7 heteroatoms. The fourth-order valence-electron chi connectivity index (χ4n) is 1.56. The van der Waals surface area contributed by atoms with Crippen LogP contribution >= 0.6 is 0 Å². The smallest absolute Gasteiger partial charge is 0.549 e. The van der Waals surface area contributed by atoms with E-state index in [-0.39, 0.29) is 65.5 Å². The van der Waals surface area contributed by atoms with Gasteiger partial charge in [-0.1, -0.05) is 13.3 Å². The molecule has 0 aromatic rings. The van der Waals surface area contributed by atoms with Crippen LogP contribution < -0.4 is 69.3 Å². The third-order valence-corrected chi connectivity index (χ3v) is 2.46. The van der Waals surface area contributed by atoms with Crippen LogP contribution in [0.25, 0.3) is 0 Å². The Bertz CT molecular complexity index is 225. The standard InChI is InChI=1S/C11H21NO4.2Na/c1-3-7-12(2)8-5-4-6-9(10(13)14)11(15)16;;/h9H,3-8H2,1-2H3,(H,13,14)(H,15,16);;/q;2*+1/p-2. The second-order valence-electron chi connectivity index (χ2n) is 3.99. The second-order valence-corrected chi connectivity index (χ2v) is 3.99. The molecule has 0 aliphatic carbocycles. The fourth-order valence-corrected chi connectivity index (χ4v) is 1.56. The van der Waals surface area contributed by atoms with Gasteiger partial charge in [-0.3, -0.25) is 0 Å². The largest absolute Gasteiger partial charge is 1.00 e. The van der Waals surface area contributed by atoms with Crippen molar-refractivity contribution < 1.29 is 78.9 Å². The Morgan fingerprint density at radius 1 is 1.06 bits per heavy atom. The maximum atomic E-state index is 10.4. The van der Waals surface area contributed by atoms with Gasteiger partial charge >= 0.3 is 59.1 Å². The van der Waals surface area contributed by atoms with E-state index in [1.54, 1.807) is 0 Å². The molecule has 0 saturated heterocycles. The zero-order valence-electron chi connectivity index (χ0n) is 11.9. The van der Waals surface area contributed by atoms with Gasteiger partial charge in [0.05, 0.1) is 11.9 Å². The van der Waals surface area contributed by atoms with E-state index >= 15 is 0 Å². The molecule has 94 valence electrons. The van der Waals surface area contributed by atoms with Crippen molar-refractivity contribution in [2.24, 2.45) is 5.92 Å². The molecule has 0 unspecified atom stereocenters. The average Bonchev–Trinajstić information content (AvgIpc) is 2.16. The van der Waals surface area contributed by atoms with E-state index in [0.29, 0.717) is 6.42 Å². The first kappa shape index (κ1) is 24.0. The van der Waals surface area contributed by atoms with Crippen molar-refractivity contribution in [3.05, 3.63) is 0 Å². The number of carbonyl (C=O) groups excluding carboxylic acids is 2. The molecular formula is C11H19NNa2O4. The molecule has 0 atom stereocenters. The number of hydrogen-bond donors (Lipinski definition) is 0. The fraction of sp³-hybridized carbons (Fsp3) is 0.818. The van der Waals surface area contributed by atoms with E-state index in [9.17, 15) is 19.8 Å². The van der Waals surface area contributed by atoms with Gasteiger partial charge in [-0.2, -0.15) is 0 Å². The van der Waals surface area contributed by atoms with Crippen molar-refractivity contribution >= 4 is 11.9 Å². The molecule has 0 N–H and O–H groups in total. The van der Waals surface area contributed by atoms with Crippen LogP contribution in [0.3, 0.4) is 0 Å². The predicted molar refractivity (Wildman–Crippen MR) is 55.1 cm³/mol. The first-order valence-corrected chi connectivity index (χ1v) is 5.59. The van der Waals surface area contributed by atoms with E-state index < -0.39 is 17.9 Å². The molecule has 0 fully saturated rings. The molecule has 18 heavy (non-hydrogen) atoms. The molecule has 0 aliphatic rings. The van der Waals surface area contributed by atoms with Gasteiger partial charge in [0.2, 0.25) is 0 Å². The monoisotopic (exact) mass is 275 g/mol. The first-order valence-electron chi connectivity index (χ1n) is 5.59. The first-order chi connectivity index (χ1) is 7.49. The van der Waals surface area contributed by atoms with Crippen LogP contribution in [0.15, 0.2) is 0 Å². The van der Waals surface area contributed by atoms with Crippen molar-refractivity contribution in [2.45, 2.75) is 32.6 Å². The van der Waals surface area contributed by atoms with Crippen LogP contribution in [0.2, 0.25) is 0 Å². The molecule has 0 aromatic heterocycles. The number of carboxylic acids is 2. The van der Waals surface area contributed by atoms with Crippen LogP contribution in [0.1, 0.15) is 32.6 Å². The van der Waals surface area contributed by atoms with E-state index in [1.165, 1.54) is 0 Å². The SMILES string of the molecule is CCCN(C)CCCCC(C(=O)[O-])C(=O)[O-].[Na+].[Na+]. The molecule has 0 heterocycles. The molecule has 0 rings (SSSR count). The maximum Gasteiger partial charge on any atom is 1.00 e. The normalized spacial score (nSPS) is 9.78. The number of aliphatic carboxylic acids is 2. The average molecular weight is 275 g/mol. The number of carboxylic acid groups (broad SMARTS) is 2. The Kier molecular flexibility index (Phi) is 19.0. The Balaban J connectivity index is -0.00000112. The third kappa shape index (κ3) is 12.0. The summed E-state index contributed by atoms with van der Waals surface area (Å²) in [6.07, 6.45) is 2.50. The molecule has 0 aliphatic heterocycles. The molecule has 0 aromatic carbocycles. The number of carbonyl (C=O) groups is 2. The summed E-state index contributed by atoms with van der Waals surface area (Å²) < 4.78 is 0. The summed E-state index contributed by atoms with van der Waals surface area (Å²) in [6, 6.07) is 0. The minimum atomic E-state index is -1.55. The molecule has 5 nitrogen and oxygen atoms in total. The Morgan fingerprint density at radius 3 is 1.94 bits per heavy atom. The quantitative estimate of drug-likeness (QED) is 0.237. The van der Waals surface area contributed by atoms with Crippen LogP contribution in [0.4, 0.5) is 0 Å². The van der Waals surface area contributed by atoms with E-state index in [0.717, 1.165) is 25.9 Å². The van der Waals surface area contributed by atoms with Crippen molar-refractivity contribution in [3.63, 3.8) is 0 Å². The zero-order chi connectivity index (χ0) is 12.6. The van der Waals surface area contributed by atoms with Crippen LogP contribution in [0.5, 0.6) is 0 Å². The second kappa shape index (κ2) is 14.3. The van der Waals surface area contributed by atoms with Crippen molar-refractivity contribution in [1.82, 2.24) is 4.90 Å². The topological polar surface area (TPSA) is 83.5 Å². The van der Waals surface area contributed by atoms with Gasteiger partial charge in [-0.25, -0.2) is 0 Å². The zero-order valence-corrected chi connectivity index (χ0v) is 15.9. The molecule has 0 radical (unpaired) electrons. The van der Waals surface area contributed by atoms with Crippen molar-refractivity contribution in [2.75, 3.05) is 20.1 Å². The molecular weight excluding hydrogens is 256 g/mol. The van der Waals surface area contributed by atoms with E-state index in [4.69, 9.17) is 0 Å². The summed E-state index contributed by atoms with van der Waals surface area (Å²) in [5, 5.41) is 20.9. The minimum Gasteiger partial charge on any atom is -0.549 e. The summed E-state index contributed by atoms with van der Waals surface area (Å²) in [4.78, 5) is 23.0. The van der Waals surface area contributed by atoms with Crippen molar-refractivity contribution in [3.8, 4) is 0 Å². The summed E-state index contributed by atoms with van der Waals surface area (Å²) in [6.45, 7) is 3.92. The van der Waals surface area contributed by atoms with E-state index in [2.05, 4.69) is 11.8 Å². The van der Waals surface area contributed by atoms with Gasteiger partial charge < -0.3 is 24.7 Å². The number of rotatable bonds is 9. The van der Waals surface area contributed by atoms with Crippen LogP contribution in [-0.2, 0) is 9.59 Å². The number of unbranched alkanes of at least 4 members (excludes halogenated alkanes) is 1. The third-order valence-electron chi connectivity index (χ3n) is 2.46. The molecule has 0 saturated carbocycles. The summed E-state index contributed by atoms with van der Waals surface area (Å²) in [7, 11) is 1.98. The molecule has 0 bridgehead atoms. The van der Waals surface area contributed by atoms with Gasteiger partial charge in [-0.15, -0.1) is 0 Å². The molecule has 0 spiro atoms. The van der Waals surface area contributed by atoms with Gasteiger partial charge in [0.25, 0.3) is 0 Å². The number of hydrogen-bond acceptors (Lipinski definition) is 5. The predicted octanol–water partition coefficient (Wildman–Crippen LogP) is -7.38. The van der Waals surface area contributed by atoms with Gasteiger partial charge in [0.1, 0.15) is 0 Å². The Hall–Kier alpha value is 0.900. The Morgan fingerprint density at radius 2 is 1.56 bits per heavy atom. The molecule has 0 amide bonds. The van der Waals surface area contributed by atoms with Gasteiger partial charge in [0.15, 0.2) is 0 Å². The number of nitrogens with zero attached hydrogens (tertiary/aromatic N) is 1. The summed E-state index contributed by atoms with van der Waals surface area (Å²) >= 11 is 0. The minimum absolute atomic E-state index is 0. The maximum absolute atomic E-state index is 10.4. The van der Waals surface area contributed by atoms with Crippen molar-refractivity contribution in [1.29, 1.82) is 0 Å². The Labute approximate surface area is 153 Å². The summed E-state index contributed by atoms with van der Waals surface area (Å²) in [5.74, 6) is -4.58. The van der Waals surface area contributed by atoms with E-state index in [1.807, 2.05) is 7.05 Å². The van der Waals surface area contributed by atoms with Crippen LogP contribution in [-0.4, -0.2) is 37.0 Å². The van der Waals surface area contributed by atoms with Gasteiger partial charge in [0, 0.05) is 5.92 Å². The van der Waals surface area contributed by atoms with Crippen LogP contribution in [0, 0.1) is 5.92 Å². The van der Waals surface area contributed by atoms with Gasteiger partial charge in [-0.05, 0) is 39.4 Å². The summed E-state index contributed by atoms with van der Waals surface area (Å²) in [5.41, 5.74) is 0.